The highest BCUT2D eigenvalue weighted by atomic mass is 16.5. The average Bonchev–Trinajstić information content (AvgIpc) is 2.58. The van der Waals surface area contributed by atoms with Crippen LogP contribution in [0.15, 0.2) is 0 Å². The van der Waals surface area contributed by atoms with Gasteiger partial charge in [0.05, 0.1) is 12.2 Å². The molecule has 0 bridgehead atoms. The van der Waals surface area contributed by atoms with E-state index in [0.29, 0.717) is 18.2 Å². The summed E-state index contributed by atoms with van der Waals surface area (Å²) in [6.07, 6.45) is 2.90. The Labute approximate surface area is 106 Å². The van der Waals surface area contributed by atoms with Crippen LogP contribution < -0.4 is 5.32 Å². The minimum absolute atomic E-state index is 0.263. The molecule has 102 valence electrons. The smallest absolute Gasteiger partial charge is 0.0617 e. The fourth-order valence-electron chi connectivity index (χ4n) is 2.37. The van der Waals surface area contributed by atoms with Gasteiger partial charge in [0.2, 0.25) is 0 Å². The molecular weight excluding hydrogens is 214 g/mol. The Morgan fingerprint density at radius 3 is 2.53 bits per heavy atom. The molecule has 2 atom stereocenters. The zero-order chi connectivity index (χ0) is 12.9. The third kappa shape index (κ3) is 4.57. The molecule has 1 fully saturated rings. The summed E-state index contributed by atoms with van der Waals surface area (Å²) in [7, 11) is 0. The first-order valence-electron chi connectivity index (χ1n) is 6.93. The van der Waals surface area contributed by atoms with E-state index < -0.39 is 0 Å². The van der Waals surface area contributed by atoms with Gasteiger partial charge in [-0.2, -0.15) is 0 Å². The Kier molecular flexibility index (Phi) is 5.90. The third-order valence-electron chi connectivity index (χ3n) is 3.74. The topological polar surface area (TPSA) is 30.5 Å². The van der Waals surface area contributed by atoms with E-state index in [1.54, 1.807) is 0 Å². The highest BCUT2D eigenvalue weighted by molar-refractivity contribution is 4.91. The zero-order valence-corrected chi connectivity index (χ0v) is 12.1. The second-order valence-corrected chi connectivity index (χ2v) is 5.83. The van der Waals surface area contributed by atoms with Crippen LogP contribution in [0.3, 0.4) is 0 Å². The molecular formula is C14H29NO2. The van der Waals surface area contributed by atoms with Crippen molar-refractivity contribution < 1.29 is 9.47 Å². The molecule has 1 rings (SSSR count). The fraction of sp³-hybridized carbons (Fsp3) is 1.00. The summed E-state index contributed by atoms with van der Waals surface area (Å²) in [5, 5.41) is 3.56. The van der Waals surface area contributed by atoms with Gasteiger partial charge in [0.1, 0.15) is 0 Å². The lowest BCUT2D eigenvalue weighted by molar-refractivity contribution is 0.0162. The molecule has 2 unspecified atom stereocenters. The van der Waals surface area contributed by atoms with Crippen LogP contribution in [0.25, 0.3) is 0 Å². The summed E-state index contributed by atoms with van der Waals surface area (Å²) in [6, 6.07) is 0.533. The molecule has 17 heavy (non-hydrogen) atoms. The molecule has 0 radical (unpaired) electrons. The van der Waals surface area contributed by atoms with Crippen LogP contribution in [0.1, 0.15) is 47.5 Å². The molecule has 0 aliphatic carbocycles. The van der Waals surface area contributed by atoms with Gasteiger partial charge in [-0.15, -0.1) is 0 Å². The van der Waals surface area contributed by atoms with Crippen molar-refractivity contribution in [2.24, 2.45) is 5.41 Å². The van der Waals surface area contributed by atoms with Crippen molar-refractivity contribution in [3.05, 3.63) is 0 Å². The maximum Gasteiger partial charge on any atom is 0.0617 e. The second kappa shape index (κ2) is 6.72. The molecule has 3 nitrogen and oxygen atoms in total. The van der Waals surface area contributed by atoms with Crippen molar-refractivity contribution in [1.82, 2.24) is 5.32 Å². The van der Waals surface area contributed by atoms with Crippen molar-refractivity contribution in [2.45, 2.75) is 65.7 Å². The predicted octanol–water partition coefficient (Wildman–Crippen LogP) is 2.59. The normalized spacial score (nSPS) is 29.5. The minimum atomic E-state index is 0.263. The first kappa shape index (κ1) is 14.9. The quantitative estimate of drug-likeness (QED) is 0.745. The molecule has 1 heterocycles. The van der Waals surface area contributed by atoms with E-state index in [2.05, 4.69) is 39.9 Å². The maximum atomic E-state index is 5.76. The lowest BCUT2D eigenvalue weighted by Crippen LogP contribution is -2.42. The predicted molar refractivity (Wildman–Crippen MR) is 71.3 cm³/mol. The monoisotopic (exact) mass is 243 g/mol. The Hall–Kier alpha value is -0.120. The van der Waals surface area contributed by atoms with Crippen LogP contribution in [-0.2, 0) is 9.47 Å². The first-order valence-corrected chi connectivity index (χ1v) is 6.93. The third-order valence-corrected chi connectivity index (χ3v) is 3.74. The van der Waals surface area contributed by atoms with Crippen LogP contribution in [0.5, 0.6) is 0 Å². The Morgan fingerprint density at radius 2 is 2.06 bits per heavy atom. The number of hydrogen-bond acceptors (Lipinski definition) is 3. The molecule has 0 spiro atoms. The van der Waals surface area contributed by atoms with Crippen LogP contribution in [-0.4, -0.2) is 38.0 Å². The van der Waals surface area contributed by atoms with Gasteiger partial charge in [-0.05, 0) is 33.6 Å². The highest BCUT2D eigenvalue weighted by Crippen LogP contribution is 2.37. The molecule has 3 heteroatoms. The molecule has 0 aromatic rings. The summed E-state index contributed by atoms with van der Waals surface area (Å²) >= 11 is 0. The Balaban J connectivity index is 2.47. The molecule has 0 amide bonds. The molecule has 0 saturated carbocycles. The number of ether oxygens (including phenoxy) is 2. The van der Waals surface area contributed by atoms with Gasteiger partial charge in [0, 0.05) is 31.2 Å². The molecule has 1 aliphatic heterocycles. The molecule has 0 aromatic heterocycles. The molecule has 1 saturated heterocycles. The Bertz CT molecular complexity index is 218. The summed E-state index contributed by atoms with van der Waals surface area (Å²) in [5.41, 5.74) is 0.263. The van der Waals surface area contributed by atoms with E-state index in [0.717, 1.165) is 32.6 Å². The van der Waals surface area contributed by atoms with Crippen molar-refractivity contribution in [3.63, 3.8) is 0 Å². The van der Waals surface area contributed by atoms with Gasteiger partial charge in [-0.1, -0.05) is 13.8 Å². The summed E-state index contributed by atoms with van der Waals surface area (Å²) in [6.45, 7) is 13.5. The summed E-state index contributed by atoms with van der Waals surface area (Å²) in [4.78, 5) is 0. The number of hydrogen-bond donors (Lipinski definition) is 1. The second-order valence-electron chi connectivity index (χ2n) is 5.83. The minimum Gasteiger partial charge on any atom is -0.379 e. The summed E-state index contributed by atoms with van der Waals surface area (Å²) < 4.78 is 11.5. The fourth-order valence-corrected chi connectivity index (χ4v) is 2.37. The largest absolute Gasteiger partial charge is 0.379 e. The molecule has 1 N–H and O–H groups in total. The van der Waals surface area contributed by atoms with Gasteiger partial charge in [-0.25, -0.2) is 0 Å². The Morgan fingerprint density at radius 1 is 1.35 bits per heavy atom. The van der Waals surface area contributed by atoms with Crippen molar-refractivity contribution >= 4 is 0 Å². The van der Waals surface area contributed by atoms with Crippen LogP contribution in [0, 0.1) is 5.41 Å². The molecule has 0 aromatic carbocycles. The van der Waals surface area contributed by atoms with Crippen molar-refractivity contribution in [1.29, 1.82) is 0 Å². The summed E-state index contributed by atoms with van der Waals surface area (Å²) in [5.74, 6) is 0. The van der Waals surface area contributed by atoms with E-state index >= 15 is 0 Å². The van der Waals surface area contributed by atoms with Crippen molar-refractivity contribution in [2.75, 3.05) is 19.8 Å². The SMILES string of the molecule is CC(C)NCC1(CCOC(C)C)CCOC1C. The van der Waals surface area contributed by atoms with Crippen LogP contribution in [0.4, 0.5) is 0 Å². The van der Waals surface area contributed by atoms with Crippen LogP contribution >= 0.6 is 0 Å². The van der Waals surface area contributed by atoms with E-state index in [9.17, 15) is 0 Å². The van der Waals surface area contributed by atoms with Crippen molar-refractivity contribution in [3.8, 4) is 0 Å². The van der Waals surface area contributed by atoms with E-state index in [4.69, 9.17) is 9.47 Å². The number of nitrogens with one attached hydrogen (secondary N) is 1. The standard InChI is InChI=1S/C14H29NO2/c1-11(2)15-10-14(6-8-16-12(3)4)7-9-17-13(14)5/h11-13,15H,6-10H2,1-5H3. The average molecular weight is 243 g/mol. The van der Waals surface area contributed by atoms with E-state index in [-0.39, 0.29) is 5.41 Å². The van der Waals surface area contributed by atoms with Gasteiger partial charge in [-0.3, -0.25) is 0 Å². The number of rotatable bonds is 7. The first-order chi connectivity index (χ1) is 7.96. The lowest BCUT2D eigenvalue weighted by Gasteiger charge is -2.33. The zero-order valence-electron chi connectivity index (χ0n) is 12.1. The van der Waals surface area contributed by atoms with E-state index in [1.165, 1.54) is 0 Å². The van der Waals surface area contributed by atoms with Gasteiger partial charge >= 0.3 is 0 Å². The highest BCUT2D eigenvalue weighted by Gasteiger charge is 2.40. The lowest BCUT2D eigenvalue weighted by atomic mass is 9.78. The van der Waals surface area contributed by atoms with Gasteiger partial charge in [0.25, 0.3) is 0 Å². The van der Waals surface area contributed by atoms with E-state index in [1.807, 2.05) is 0 Å². The maximum absolute atomic E-state index is 5.76. The van der Waals surface area contributed by atoms with Gasteiger partial charge < -0.3 is 14.8 Å². The van der Waals surface area contributed by atoms with Gasteiger partial charge in [0.15, 0.2) is 0 Å². The van der Waals surface area contributed by atoms with Crippen LogP contribution in [0.2, 0.25) is 0 Å². The molecule has 1 aliphatic rings.